The first-order valence-corrected chi connectivity index (χ1v) is 13.4. The second-order valence-electron chi connectivity index (χ2n) is 9.43. The predicted octanol–water partition coefficient (Wildman–Crippen LogP) is 3.85. The van der Waals surface area contributed by atoms with Crippen molar-refractivity contribution in [1.29, 1.82) is 0 Å². The molecule has 0 radical (unpaired) electrons. The Balaban J connectivity index is 1.67. The number of ether oxygens (including phenoxy) is 1. The molecule has 0 aliphatic carbocycles. The number of nitrogens with zero attached hydrogens (tertiary/aromatic N) is 3. The Morgan fingerprint density at radius 2 is 1.68 bits per heavy atom. The number of hydrogen-bond acceptors (Lipinski definition) is 7. The number of carbonyl (C=O) groups excluding carboxylic acids is 1. The van der Waals surface area contributed by atoms with E-state index in [9.17, 15) is 19.5 Å². The molecule has 0 bridgehead atoms. The van der Waals surface area contributed by atoms with Gasteiger partial charge < -0.3 is 25.0 Å². The van der Waals surface area contributed by atoms with Crippen molar-refractivity contribution in [1.82, 2.24) is 19.4 Å². The Morgan fingerprint density at radius 1 is 1.02 bits per heavy atom. The zero-order valence-corrected chi connectivity index (χ0v) is 24.4. The third kappa shape index (κ3) is 6.36. The average molecular weight is 598 g/mol. The number of anilines is 1. The van der Waals surface area contributed by atoms with Gasteiger partial charge in [-0.1, -0.05) is 59.6 Å². The quantitative estimate of drug-likeness (QED) is 0.267. The second kappa shape index (κ2) is 12.7. The minimum Gasteiger partial charge on any atom is -0.481 e. The van der Waals surface area contributed by atoms with E-state index in [1.807, 2.05) is 24.3 Å². The van der Waals surface area contributed by atoms with Gasteiger partial charge in [0.15, 0.2) is 0 Å². The molecule has 2 heterocycles. The zero-order chi connectivity index (χ0) is 29.8. The molecule has 0 unspecified atom stereocenters. The van der Waals surface area contributed by atoms with Crippen molar-refractivity contribution in [2.45, 2.75) is 19.6 Å². The zero-order valence-electron chi connectivity index (χ0n) is 22.9. The summed E-state index contributed by atoms with van der Waals surface area (Å²) in [6, 6.07) is 14.2. The topological polar surface area (TPSA) is 127 Å². The fourth-order valence-corrected chi connectivity index (χ4v) is 4.87. The van der Waals surface area contributed by atoms with Gasteiger partial charge in [-0.2, -0.15) is 0 Å². The number of carbonyl (C=O) groups is 1. The van der Waals surface area contributed by atoms with E-state index in [0.29, 0.717) is 46.4 Å². The van der Waals surface area contributed by atoms with Gasteiger partial charge in [0.25, 0.3) is 11.5 Å². The molecule has 1 atom stereocenters. The highest BCUT2D eigenvalue weighted by Crippen LogP contribution is 2.41. The molecule has 3 N–H and O–H groups in total. The van der Waals surface area contributed by atoms with Crippen LogP contribution in [0.2, 0.25) is 10.0 Å². The highest BCUT2D eigenvalue weighted by atomic mass is 35.5. The van der Waals surface area contributed by atoms with Crippen molar-refractivity contribution in [3.05, 3.63) is 96.7 Å². The lowest BCUT2D eigenvalue weighted by Crippen LogP contribution is -2.40. The number of halogens is 2. The maximum absolute atomic E-state index is 13.0. The lowest BCUT2D eigenvalue weighted by Gasteiger charge is -2.15. The van der Waals surface area contributed by atoms with Crippen molar-refractivity contribution in [2.24, 2.45) is 14.1 Å². The molecule has 1 amide bonds. The maximum atomic E-state index is 13.0. The maximum Gasteiger partial charge on any atom is 0.330 e. The molecular formula is C29H29Cl2N5O5. The van der Waals surface area contributed by atoms with Gasteiger partial charge in [0.1, 0.15) is 5.56 Å². The molecule has 0 aliphatic rings. The third-order valence-electron chi connectivity index (χ3n) is 6.39. The number of pyridine rings is 1. The van der Waals surface area contributed by atoms with Crippen LogP contribution in [0.25, 0.3) is 22.4 Å². The predicted molar refractivity (Wildman–Crippen MR) is 160 cm³/mol. The molecule has 4 rings (SSSR count). The van der Waals surface area contributed by atoms with Gasteiger partial charge in [0.2, 0.25) is 5.88 Å². The SMILES string of the molecule is COc1nc(-c2cccc(-c3cccc(NC(=O)c4cn(C)c(=O)n(C)c4=O)c3Cl)c2Cl)ccc1CNC[C@@H](C)O. The minimum absolute atomic E-state index is 0.208. The van der Waals surface area contributed by atoms with Crippen molar-refractivity contribution in [3.63, 3.8) is 0 Å². The summed E-state index contributed by atoms with van der Waals surface area (Å²) in [4.78, 5) is 42.1. The van der Waals surface area contributed by atoms with Crippen LogP contribution in [0, 0.1) is 0 Å². The van der Waals surface area contributed by atoms with Crippen LogP contribution in [0.3, 0.4) is 0 Å². The summed E-state index contributed by atoms with van der Waals surface area (Å²) in [7, 11) is 4.29. The standard InChI is InChI=1S/C29H29Cl2N5O5/c1-16(37)13-32-14-17-11-12-22(34-27(17)41-4)20-9-5-7-18(24(20)30)19-8-6-10-23(25(19)31)33-26(38)21-15-35(2)29(40)36(3)28(21)39/h5-12,15-16,32,37H,13-14H2,1-4H3,(H,33,38)/t16-/m1/s1. The molecule has 0 saturated heterocycles. The first-order valence-electron chi connectivity index (χ1n) is 12.6. The van der Waals surface area contributed by atoms with E-state index in [-0.39, 0.29) is 16.3 Å². The number of nitrogens with one attached hydrogen (secondary N) is 2. The highest BCUT2D eigenvalue weighted by molar-refractivity contribution is 6.39. The van der Waals surface area contributed by atoms with Crippen LogP contribution in [-0.4, -0.2) is 44.9 Å². The van der Waals surface area contributed by atoms with E-state index in [1.54, 1.807) is 31.2 Å². The van der Waals surface area contributed by atoms with E-state index < -0.39 is 23.3 Å². The number of amides is 1. The van der Waals surface area contributed by atoms with Gasteiger partial charge >= 0.3 is 5.69 Å². The van der Waals surface area contributed by atoms with Gasteiger partial charge in [-0.25, -0.2) is 9.78 Å². The fourth-order valence-electron chi connectivity index (χ4n) is 4.27. The van der Waals surface area contributed by atoms with Gasteiger partial charge in [-0.3, -0.25) is 14.2 Å². The van der Waals surface area contributed by atoms with E-state index >= 15 is 0 Å². The van der Waals surface area contributed by atoms with Crippen molar-refractivity contribution in [3.8, 4) is 28.3 Å². The van der Waals surface area contributed by atoms with Crippen LogP contribution >= 0.6 is 23.2 Å². The summed E-state index contributed by atoms with van der Waals surface area (Å²) in [5.74, 6) is -0.284. The largest absolute Gasteiger partial charge is 0.481 e. The Hall–Kier alpha value is -3.96. The number of aliphatic hydroxyl groups is 1. The van der Waals surface area contributed by atoms with Crippen molar-refractivity contribution < 1.29 is 14.6 Å². The van der Waals surface area contributed by atoms with Crippen molar-refractivity contribution in [2.75, 3.05) is 19.0 Å². The lowest BCUT2D eigenvalue weighted by atomic mass is 10.00. The molecule has 41 heavy (non-hydrogen) atoms. The van der Waals surface area contributed by atoms with Crippen LogP contribution in [0.4, 0.5) is 5.69 Å². The lowest BCUT2D eigenvalue weighted by molar-refractivity contribution is 0.102. The number of methoxy groups -OCH3 is 1. The van der Waals surface area contributed by atoms with Crippen LogP contribution in [0.1, 0.15) is 22.8 Å². The molecule has 2 aromatic carbocycles. The van der Waals surface area contributed by atoms with Gasteiger partial charge in [-0.05, 0) is 19.1 Å². The molecule has 214 valence electrons. The Bertz CT molecular complexity index is 1730. The summed E-state index contributed by atoms with van der Waals surface area (Å²) in [5, 5.41) is 15.9. The van der Waals surface area contributed by atoms with E-state index in [2.05, 4.69) is 15.6 Å². The first kappa shape index (κ1) is 30.0. The monoisotopic (exact) mass is 597 g/mol. The Labute approximate surface area is 246 Å². The van der Waals surface area contributed by atoms with Crippen LogP contribution in [-0.2, 0) is 20.6 Å². The molecule has 12 heteroatoms. The summed E-state index contributed by atoms with van der Waals surface area (Å²) in [5.41, 5.74) is 1.99. The molecular weight excluding hydrogens is 569 g/mol. The average Bonchev–Trinajstić information content (AvgIpc) is 2.95. The molecule has 4 aromatic rings. The van der Waals surface area contributed by atoms with Crippen LogP contribution < -0.4 is 26.6 Å². The Kier molecular flexibility index (Phi) is 9.29. The van der Waals surface area contributed by atoms with Gasteiger partial charge in [0.05, 0.1) is 34.6 Å². The number of benzene rings is 2. The minimum atomic E-state index is -0.721. The van der Waals surface area contributed by atoms with E-state index in [0.717, 1.165) is 14.7 Å². The summed E-state index contributed by atoms with van der Waals surface area (Å²) < 4.78 is 7.51. The molecule has 0 aliphatic heterocycles. The first-order chi connectivity index (χ1) is 19.5. The normalized spacial score (nSPS) is 11.8. The second-order valence-corrected chi connectivity index (χ2v) is 10.2. The van der Waals surface area contributed by atoms with E-state index in [4.69, 9.17) is 27.9 Å². The molecule has 2 aromatic heterocycles. The highest BCUT2D eigenvalue weighted by Gasteiger charge is 2.19. The molecule has 0 spiro atoms. The number of rotatable bonds is 9. The van der Waals surface area contributed by atoms with E-state index in [1.165, 1.54) is 27.4 Å². The summed E-state index contributed by atoms with van der Waals surface area (Å²) in [6.45, 7) is 2.60. The summed E-state index contributed by atoms with van der Waals surface area (Å²) >= 11 is 13.6. The van der Waals surface area contributed by atoms with Crippen LogP contribution in [0.5, 0.6) is 5.88 Å². The van der Waals surface area contributed by atoms with Crippen LogP contribution in [0.15, 0.2) is 64.3 Å². The Morgan fingerprint density at radius 3 is 2.37 bits per heavy atom. The molecule has 10 nitrogen and oxygen atoms in total. The van der Waals surface area contributed by atoms with Crippen molar-refractivity contribution >= 4 is 34.8 Å². The smallest absolute Gasteiger partial charge is 0.330 e. The fraction of sp³-hybridized carbons (Fsp3) is 0.241. The number of hydrogen-bond donors (Lipinski definition) is 3. The van der Waals surface area contributed by atoms with Gasteiger partial charge in [0, 0.05) is 55.6 Å². The number of aryl methyl sites for hydroxylation is 1. The number of aromatic nitrogens is 3. The molecule has 0 fully saturated rings. The molecule has 0 saturated carbocycles. The third-order valence-corrected chi connectivity index (χ3v) is 7.20. The summed E-state index contributed by atoms with van der Waals surface area (Å²) in [6.07, 6.45) is 0.711. The number of aliphatic hydroxyl groups excluding tert-OH is 1. The van der Waals surface area contributed by atoms with Gasteiger partial charge in [-0.15, -0.1) is 0 Å².